The second-order valence-corrected chi connectivity index (χ2v) is 8.64. The Labute approximate surface area is 203 Å². The van der Waals surface area contributed by atoms with E-state index in [1.807, 2.05) is 19.1 Å². The Hall–Kier alpha value is -3.72. The van der Waals surface area contributed by atoms with Gasteiger partial charge in [0.15, 0.2) is 5.82 Å². The van der Waals surface area contributed by atoms with Crippen LogP contribution in [0.15, 0.2) is 59.5 Å². The van der Waals surface area contributed by atoms with Crippen LogP contribution in [0.5, 0.6) is 0 Å². The monoisotopic (exact) mass is 492 g/mol. The van der Waals surface area contributed by atoms with Crippen molar-refractivity contribution >= 4 is 50.9 Å². The molecule has 0 saturated heterocycles. The lowest BCUT2D eigenvalue weighted by molar-refractivity contribution is 0.100. The Morgan fingerprint density at radius 1 is 1.09 bits per heavy atom. The molecule has 5 rings (SSSR count). The fraction of sp³-hybridized carbons (Fsp3) is 0.0833. The molecule has 10 heteroatoms. The molecule has 0 aliphatic heterocycles. The van der Waals surface area contributed by atoms with E-state index < -0.39 is 11.9 Å². The Balaban J connectivity index is 1.64. The van der Waals surface area contributed by atoms with Gasteiger partial charge in [0.2, 0.25) is 0 Å². The zero-order valence-corrected chi connectivity index (χ0v) is 19.4. The van der Waals surface area contributed by atoms with E-state index >= 15 is 0 Å². The fourth-order valence-corrected chi connectivity index (χ4v) is 4.55. The van der Waals surface area contributed by atoms with E-state index in [1.165, 1.54) is 6.20 Å². The molecule has 0 fully saturated rings. The fourth-order valence-electron chi connectivity index (χ4n) is 4.01. The number of amides is 1. The van der Waals surface area contributed by atoms with Crippen molar-refractivity contribution in [2.24, 2.45) is 11.5 Å². The second-order valence-electron chi connectivity index (χ2n) is 7.88. The van der Waals surface area contributed by atoms with Crippen LogP contribution < -0.4 is 17.0 Å². The van der Waals surface area contributed by atoms with E-state index in [4.69, 9.17) is 34.7 Å². The maximum atomic E-state index is 13.4. The molecule has 1 atom stereocenters. The number of pyridine rings is 1. The summed E-state index contributed by atoms with van der Waals surface area (Å²) in [4.78, 5) is 36.7. The summed E-state index contributed by atoms with van der Waals surface area (Å²) in [5, 5.41) is 2.02. The van der Waals surface area contributed by atoms with Gasteiger partial charge in [-0.05, 0) is 48.7 Å². The zero-order chi connectivity index (χ0) is 24.1. The lowest BCUT2D eigenvalue weighted by atomic mass is 10.1. The number of nitrogens with zero attached hydrogens (tertiary/aromatic N) is 3. The number of fused-ring (bicyclic) bond motifs is 2. The highest BCUT2D eigenvalue weighted by molar-refractivity contribution is 6.36. The molecule has 0 radical (unpaired) electrons. The number of nitrogens with two attached hydrogens (primary N) is 2. The molecule has 34 heavy (non-hydrogen) atoms. The van der Waals surface area contributed by atoms with Crippen molar-refractivity contribution in [2.75, 3.05) is 0 Å². The van der Waals surface area contributed by atoms with Crippen LogP contribution in [0.2, 0.25) is 10.2 Å². The molecular formula is C24H18Cl2N6O2. The summed E-state index contributed by atoms with van der Waals surface area (Å²) in [5.74, 6) is -0.275. The summed E-state index contributed by atoms with van der Waals surface area (Å²) in [6, 6.07) is 13.9. The highest BCUT2D eigenvalue weighted by atomic mass is 35.5. The van der Waals surface area contributed by atoms with Crippen LogP contribution in [-0.4, -0.2) is 25.4 Å². The summed E-state index contributed by atoms with van der Waals surface area (Å²) in [7, 11) is 0. The number of rotatable bonds is 4. The van der Waals surface area contributed by atoms with Crippen molar-refractivity contribution in [2.45, 2.75) is 13.0 Å². The van der Waals surface area contributed by atoms with Crippen molar-refractivity contribution < 1.29 is 4.79 Å². The highest BCUT2D eigenvalue weighted by Gasteiger charge is 2.18. The number of benzene rings is 2. The van der Waals surface area contributed by atoms with Crippen LogP contribution in [0.25, 0.3) is 38.9 Å². The minimum absolute atomic E-state index is 0.110. The zero-order valence-electron chi connectivity index (χ0n) is 17.8. The van der Waals surface area contributed by atoms with Crippen LogP contribution >= 0.6 is 23.2 Å². The van der Waals surface area contributed by atoms with E-state index in [-0.39, 0.29) is 16.3 Å². The van der Waals surface area contributed by atoms with E-state index in [1.54, 1.807) is 41.0 Å². The first-order valence-corrected chi connectivity index (χ1v) is 11.1. The van der Waals surface area contributed by atoms with Gasteiger partial charge in [0.05, 0.1) is 21.4 Å². The van der Waals surface area contributed by atoms with Crippen LogP contribution in [0.4, 0.5) is 0 Å². The molecule has 0 aliphatic carbocycles. The average molecular weight is 493 g/mol. The van der Waals surface area contributed by atoms with Gasteiger partial charge in [0.25, 0.3) is 11.5 Å². The molecule has 0 saturated carbocycles. The maximum Gasteiger partial charge on any atom is 0.264 e. The summed E-state index contributed by atoms with van der Waals surface area (Å²) in [6.07, 6.45) is 1.45. The standard InChI is InChI=1S/C24H18Cl2N6O2/c1-11(27)17-9-13-3-2-4-16(25)18(13)24(34)32(17)14-7-5-12(6-8-14)22-30-20(26)19-15(21(28)33)10-29-23(19)31-22/h2-11H,27H2,1H3,(H2,28,33)(H,29,30,31)/t11-/m0/s1. The number of primary amides is 1. The SMILES string of the molecule is C[C@H](N)c1cc2cccc(Cl)c2c(=O)n1-c1ccc(-c2nc(Cl)c3c(C(N)=O)c[nH]c3n2)cc1. The number of nitrogens with one attached hydrogen (secondary N) is 1. The van der Waals surface area contributed by atoms with Gasteiger partial charge in [-0.3, -0.25) is 14.2 Å². The van der Waals surface area contributed by atoms with Crippen LogP contribution in [0, 0.1) is 0 Å². The van der Waals surface area contributed by atoms with Crippen molar-refractivity contribution in [1.82, 2.24) is 19.5 Å². The smallest absolute Gasteiger partial charge is 0.264 e. The van der Waals surface area contributed by atoms with Crippen molar-refractivity contribution in [3.8, 4) is 17.1 Å². The van der Waals surface area contributed by atoms with Crippen molar-refractivity contribution in [3.63, 3.8) is 0 Å². The molecule has 1 amide bonds. The molecule has 2 aromatic carbocycles. The minimum Gasteiger partial charge on any atom is -0.366 e. The normalized spacial score (nSPS) is 12.4. The molecule has 3 aromatic heterocycles. The average Bonchev–Trinajstić information content (AvgIpc) is 3.24. The van der Waals surface area contributed by atoms with Gasteiger partial charge in [0, 0.05) is 29.2 Å². The third-order valence-corrected chi connectivity index (χ3v) is 6.22. The molecule has 0 aliphatic rings. The topological polar surface area (TPSA) is 133 Å². The molecule has 5 N–H and O–H groups in total. The van der Waals surface area contributed by atoms with Gasteiger partial charge in [-0.2, -0.15) is 0 Å². The third kappa shape index (κ3) is 3.52. The van der Waals surface area contributed by atoms with Crippen LogP contribution in [0.1, 0.15) is 29.0 Å². The lowest BCUT2D eigenvalue weighted by Gasteiger charge is -2.18. The van der Waals surface area contributed by atoms with Gasteiger partial charge in [-0.1, -0.05) is 35.3 Å². The Bertz CT molecular complexity index is 1660. The number of hydrogen-bond acceptors (Lipinski definition) is 5. The van der Waals surface area contributed by atoms with Gasteiger partial charge >= 0.3 is 0 Å². The number of H-pyrrole nitrogens is 1. The Morgan fingerprint density at radius 2 is 1.82 bits per heavy atom. The largest absolute Gasteiger partial charge is 0.366 e. The lowest BCUT2D eigenvalue weighted by Crippen LogP contribution is -2.25. The van der Waals surface area contributed by atoms with Crippen LogP contribution in [0.3, 0.4) is 0 Å². The number of halogens is 2. The van der Waals surface area contributed by atoms with E-state index in [0.29, 0.717) is 44.2 Å². The molecular weight excluding hydrogens is 475 g/mol. The van der Waals surface area contributed by atoms with Gasteiger partial charge in [0.1, 0.15) is 10.8 Å². The third-order valence-electron chi connectivity index (χ3n) is 5.63. The number of carbonyl (C=O) groups is 1. The first-order chi connectivity index (χ1) is 16.3. The number of aromatic amines is 1. The summed E-state index contributed by atoms with van der Waals surface area (Å²) < 4.78 is 1.56. The van der Waals surface area contributed by atoms with Crippen molar-refractivity contribution in [3.05, 3.63) is 86.5 Å². The molecule has 0 spiro atoms. The van der Waals surface area contributed by atoms with Gasteiger partial charge in [-0.15, -0.1) is 0 Å². The van der Waals surface area contributed by atoms with E-state index in [2.05, 4.69) is 15.0 Å². The van der Waals surface area contributed by atoms with E-state index in [9.17, 15) is 9.59 Å². The van der Waals surface area contributed by atoms with Gasteiger partial charge < -0.3 is 16.5 Å². The minimum atomic E-state index is -0.625. The predicted octanol–water partition coefficient (Wildman–Crippen LogP) is 4.35. The first-order valence-electron chi connectivity index (χ1n) is 10.3. The van der Waals surface area contributed by atoms with E-state index in [0.717, 1.165) is 5.39 Å². The second kappa shape index (κ2) is 8.25. The Morgan fingerprint density at radius 3 is 2.50 bits per heavy atom. The van der Waals surface area contributed by atoms with Crippen LogP contribution in [-0.2, 0) is 0 Å². The number of aromatic nitrogens is 4. The molecule has 0 bridgehead atoms. The Kier molecular flexibility index (Phi) is 5.36. The quantitative estimate of drug-likeness (QED) is 0.320. The molecule has 170 valence electrons. The molecule has 8 nitrogen and oxygen atoms in total. The van der Waals surface area contributed by atoms with Gasteiger partial charge in [-0.25, -0.2) is 9.97 Å². The summed E-state index contributed by atoms with van der Waals surface area (Å²) in [6.45, 7) is 1.82. The highest BCUT2D eigenvalue weighted by Crippen LogP contribution is 2.29. The number of carbonyl (C=O) groups excluding carboxylic acids is 1. The van der Waals surface area contributed by atoms with Crippen molar-refractivity contribution in [1.29, 1.82) is 0 Å². The molecule has 0 unspecified atom stereocenters. The molecule has 5 aromatic rings. The molecule has 3 heterocycles. The summed E-state index contributed by atoms with van der Waals surface area (Å²) in [5.41, 5.74) is 13.9. The first kappa shape index (κ1) is 22.1. The maximum absolute atomic E-state index is 13.4. The summed E-state index contributed by atoms with van der Waals surface area (Å²) >= 11 is 12.7. The predicted molar refractivity (Wildman–Crippen MR) is 134 cm³/mol. The number of hydrogen-bond donors (Lipinski definition) is 3.